The van der Waals surface area contributed by atoms with Crippen LogP contribution in [0.3, 0.4) is 0 Å². The van der Waals surface area contributed by atoms with Crippen LogP contribution in [0, 0.1) is 28.6 Å². The van der Waals surface area contributed by atoms with Gasteiger partial charge in [0.2, 0.25) is 0 Å². The minimum absolute atomic E-state index is 0.190. The Kier molecular flexibility index (Phi) is 3.20. The lowest BCUT2D eigenvalue weighted by Crippen LogP contribution is -2.70. The molecule has 1 spiro atoms. The molecule has 1 heterocycles. The molecular weight excluding hydrogens is 300 g/mol. The van der Waals surface area contributed by atoms with Crippen LogP contribution < -0.4 is 0 Å². The molecule has 0 amide bonds. The molecule has 4 aliphatic carbocycles. The predicted molar refractivity (Wildman–Crippen MR) is 92.5 cm³/mol. The molecule has 1 unspecified atom stereocenters. The Bertz CT molecular complexity index is 543. The second-order valence-electron chi connectivity index (χ2n) is 10.1. The molecule has 2 bridgehead atoms. The molecule has 5 fully saturated rings. The standard InChI is InChI=1S/C21H34O3/c1-14(22)16-7-12-21(23)18(16,2)10-8-17-19-9-4-3-5-15(19)6-11-20(17,21)24-13-19/h14-17,22-23H,3-13H2,1-2H3/t14?,15-,16+,17+,18+,19+,20-,21+/m0/s1. The van der Waals surface area contributed by atoms with Crippen LogP contribution in [-0.2, 0) is 4.74 Å². The quantitative estimate of drug-likeness (QED) is 0.769. The minimum atomic E-state index is -0.740. The van der Waals surface area contributed by atoms with E-state index >= 15 is 0 Å². The van der Waals surface area contributed by atoms with Crippen LogP contribution in [0.25, 0.3) is 0 Å². The molecule has 24 heavy (non-hydrogen) atoms. The number of aliphatic hydroxyl groups excluding tert-OH is 1. The van der Waals surface area contributed by atoms with Crippen molar-refractivity contribution in [3.63, 3.8) is 0 Å². The van der Waals surface area contributed by atoms with Gasteiger partial charge in [-0.1, -0.05) is 19.8 Å². The van der Waals surface area contributed by atoms with Crippen molar-refractivity contribution in [1.29, 1.82) is 0 Å². The zero-order valence-corrected chi connectivity index (χ0v) is 15.4. The summed E-state index contributed by atoms with van der Waals surface area (Å²) in [7, 11) is 0. The van der Waals surface area contributed by atoms with Gasteiger partial charge in [-0.3, -0.25) is 0 Å². The maximum atomic E-state index is 12.1. The topological polar surface area (TPSA) is 49.7 Å². The third kappa shape index (κ3) is 1.53. The van der Waals surface area contributed by atoms with Crippen LogP contribution in [0.4, 0.5) is 0 Å². The van der Waals surface area contributed by atoms with E-state index in [0.717, 1.165) is 38.2 Å². The Morgan fingerprint density at radius 1 is 1.00 bits per heavy atom. The van der Waals surface area contributed by atoms with Gasteiger partial charge in [-0.25, -0.2) is 0 Å². The van der Waals surface area contributed by atoms with Crippen molar-refractivity contribution in [3.05, 3.63) is 0 Å². The number of rotatable bonds is 1. The van der Waals surface area contributed by atoms with Gasteiger partial charge in [0.25, 0.3) is 0 Å². The summed E-state index contributed by atoms with van der Waals surface area (Å²) in [5.74, 6) is 1.59. The van der Waals surface area contributed by atoms with E-state index in [4.69, 9.17) is 4.74 Å². The molecule has 0 aromatic carbocycles. The fourth-order valence-corrected chi connectivity index (χ4v) is 8.70. The highest BCUT2D eigenvalue weighted by molar-refractivity contribution is 5.27. The summed E-state index contributed by atoms with van der Waals surface area (Å²) in [6, 6.07) is 0. The first-order chi connectivity index (χ1) is 11.4. The first kappa shape index (κ1) is 16.1. The molecule has 1 saturated heterocycles. The predicted octanol–water partition coefficient (Wildman–Crippen LogP) is 3.66. The summed E-state index contributed by atoms with van der Waals surface area (Å²) in [5, 5.41) is 22.5. The van der Waals surface area contributed by atoms with Crippen LogP contribution in [0.1, 0.15) is 78.1 Å². The van der Waals surface area contributed by atoms with E-state index in [1.807, 2.05) is 6.92 Å². The average Bonchev–Trinajstić information content (AvgIpc) is 2.95. The highest BCUT2D eigenvalue weighted by atomic mass is 16.5. The fraction of sp³-hybridized carbons (Fsp3) is 1.00. The van der Waals surface area contributed by atoms with Gasteiger partial charge in [-0.15, -0.1) is 0 Å². The van der Waals surface area contributed by atoms with Gasteiger partial charge in [-0.05, 0) is 76.0 Å². The summed E-state index contributed by atoms with van der Waals surface area (Å²) in [6.45, 7) is 5.06. The van der Waals surface area contributed by atoms with E-state index in [1.54, 1.807) is 0 Å². The van der Waals surface area contributed by atoms with Crippen molar-refractivity contribution in [2.45, 2.75) is 95.4 Å². The van der Waals surface area contributed by atoms with Gasteiger partial charge >= 0.3 is 0 Å². The Hall–Kier alpha value is -0.120. The van der Waals surface area contributed by atoms with Crippen LogP contribution in [0.5, 0.6) is 0 Å². The second kappa shape index (κ2) is 4.78. The van der Waals surface area contributed by atoms with Crippen LogP contribution >= 0.6 is 0 Å². The molecule has 0 aromatic rings. The van der Waals surface area contributed by atoms with E-state index in [0.29, 0.717) is 11.3 Å². The highest BCUT2D eigenvalue weighted by Crippen LogP contribution is 2.74. The Morgan fingerprint density at radius 2 is 1.83 bits per heavy atom. The lowest BCUT2D eigenvalue weighted by atomic mass is 9.42. The molecule has 5 aliphatic rings. The molecule has 3 nitrogen and oxygen atoms in total. The molecule has 1 aliphatic heterocycles. The summed E-state index contributed by atoms with van der Waals surface area (Å²) in [5.41, 5.74) is -0.894. The molecule has 2 N–H and O–H groups in total. The highest BCUT2D eigenvalue weighted by Gasteiger charge is 2.78. The molecule has 5 rings (SSSR count). The van der Waals surface area contributed by atoms with Gasteiger partial charge in [0.1, 0.15) is 5.60 Å². The summed E-state index contributed by atoms with van der Waals surface area (Å²) < 4.78 is 6.71. The molecule has 136 valence electrons. The molecule has 0 radical (unpaired) electrons. The summed E-state index contributed by atoms with van der Waals surface area (Å²) in [6.07, 6.45) is 11.4. The molecule has 3 heteroatoms. The van der Waals surface area contributed by atoms with E-state index in [9.17, 15) is 10.2 Å². The molecule has 8 atom stereocenters. The monoisotopic (exact) mass is 334 g/mol. The number of hydrogen-bond acceptors (Lipinski definition) is 3. The van der Waals surface area contributed by atoms with E-state index in [1.165, 1.54) is 38.5 Å². The van der Waals surface area contributed by atoms with E-state index in [2.05, 4.69) is 6.92 Å². The first-order valence-corrected chi connectivity index (χ1v) is 10.4. The van der Waals surface area contributed by atoms with Crippen LogP contribution in [0.15, 0.2) is 0 Å². The van der Waals surface area contributed by atoms with E-state index < -0.39 is 5.60 Å². The van der Waals surface area contributed by atoms with Crippen molar-refractivity contribution >= 4 is 0 Å². The summed E-state index contributed by atoms with van der Waals surface area (Å²) >= 11 is 0. The third-order valence-corrected chi connectivity index (χ3v) is 9.79. The summed E-state index contributed by atoms with van der Waals surface area (Å²) in [4.78, 5) is 0. The largest absolute Gasteiger partial charge is 0.393 e. The molecular formula is C21H34O3. The van der Waals surface area contributed by atoms with Gasteiger partial charge in [0, 0.05) is 10.8 Å². The number of aliphatic hydroxyl groups is 2. The number of hydrogen-bond donors (Lipinski definition) is 2. The number of ether oxygens (including phenoxy) is 1. The Morgan fingerprint density at radius 3 is 2.62 bits per heavy atom. The van der Waals surface area contributed by atoms with Gasteiger partial charge in [-0.2, -0.15) is 0 Å². The third-order valence-electron chi connectivity index (χ3n) is 9.79. The van der Waals surface area contributed by atoms with Gasteiger partial charge in [0.05, 0.1) is 18.3 Å². The smallest absolute Gasteiger partial charge is 0.101 e. The maximum absolute atomic E-state index is 12.1. The lowest BCUT2D eigenvalue weighted by molar-refractivity contribution is -0.263. The fourth-order valence-electron chi connectivity index (χ4n) is 8.70. The van der Waals surface area contributed by atoms with Gasteiger partial charge < -0.3 is 14.9 Å². The second-order valence-corrected chi connectivity index (χ2v) is 10.1. The minimum Gasteiger partial charge on any atom is -0.393 e. The van der Waals surface area contributed by atoms with Crippen molar-refractivity contribution in [3.8, 4) is 0 Å². The van der Waals surface area contributed by atoms with Crippen molar-refractivity contribution in [1.82, 2.24) is 0 Å². The van der Waals surface area contributed by atoms with Crippen LogP contribution in [-0.4, -0.2) is 34.1 Å². The van der Waals surface area contributed by atoms with Gasteiger partial charge in [0.15, 0.2) is 0 Å². The lowest BCUT2D eigenvalue weighted by Gasteiger charge is -2.64. The normalized spacial score (nSPS) is 60.2. The first-order valence-electron chi connectivity index (χ1n) is 10.4. The van der Waals surface area contributed by atoms with Crippen molar-refractivity contribution in [2.24, 2.45) is 28.6 Å². The maximum Gasteiger partial charge on any atom is 0.101 e. The van der Waals surface area contributed by atoms with Crippen LogP contribution in [0.2, 0.25) is 0 Å². The zero-order chi connectivity index (χ0) is 16.8. The Balaban J connectivity index is 1.60. The average molecular weight is 335 g/mol. The zero-order valence-electron chi connectivity index (χ0n) is 15.4. The SMILES string of the molecule is CC(O)[C@H]1CC[C@]2(O)[C@@]34CC[C@@H]5CCCC[C@]5(CO3)[C@H]4CC[C@]12C. The molecule has 4 saturated carbocycles. The van der Waals surface area contributed by atoms with Crippen molar-refractivity contribution < 1.29 is 14.9 Å². The van der Waals surface area contributed by atoms with E-state index in [-0.39, 0.29) is 23.0 Å². The number of fused-ring (bicyclic) bond motifs is 1. The van der Waals surface area contributed by atoms with Crippen molar-refractivity contribution in [2.75, 3.05) is 6.61 Å². The Labute approximate surface area is 146 Å². The molecule has 0 aromatic heterocycles.